The first-order chi connectivity index (χ1) is 6.35. The highest BCUT2D eigenvalue weighted by Gasteiger charge is 2.33. The van der Waals surface area contributed by atoms with Gasteiger partial charge in [-0.1, -0.05) is 12.3 Å². The Morgan fingerprint density at radius 3 is 2.62 bits per heavy atom. The molecule has 72 valence electrons. The van der Waals surface area contributed by atoms with Crippen LogP contribution < -0.4 is 0 Å². The first kappa shape index (κ1) is 9.05. The average Bonchev–Trinajstić information content (AvgIpc) is 3.00. The highest BCUT2D eigenvalue weighted by Crippen LogP contribution is 2.31. The average molecular weight is 180 g/mol. The summed E-state index contributed by atoms with van der Waals surface area (Å²) in [5, 5.41) is 0. The minimum atomic E-state index is -0.260. The molecule has 0 aromatic carbocycles. The van der Waals surface area contributed by atoms with Gasteiger partial charge < -0.3 is 9.47 Å². The Bertz CT molecular complexity index is 207. The first-order valence-corrected chi connectivity index (χ1v) is 5.08. The molecule has 2 aliphatic rings. The second kappa shape index (κ2) is 3.69. The first-order valence-electron chi connectivity index (χ1n) is 5.08. The van der Waals surface area contributed by atoms with Gasteiger partial charge in [0.2, 0.25) is 0 Å². The number of hydrogen-bond donors (Lipinski definition) is 0. The SMILES string of the molecule is C#CC1(OC[C@@H]2CO2)CCCCC1. The summed E-state index contributed by atoms with van der Waals surface area (Å²) in [6.45, 7) is 1.53. The van der Waals surface area contributed by atoms with Crippen LogP contribution in [0.2, 0.25) is 0 Å². The van der Waals surface area contributed by atoms with E-state index in [0.717, 1.165) is 19.4 Å². The lowest BCUT2D eigenvalue weighted by Crippen LogP contribution is -2.34. The van der Waals surface area contributed by atoms with E-state index in [1.54, 1.807) is 0 Å². The molecule has 1 aliphatic heterocycles. The fourth-order valence-corrected chi connectivity index (χ4v) is 1.87. The van der Waals surface area contributed by atoms with Crippen LogP contribution in [-0.4, -0.2) is 24.9 Å². The molecule has 2 fully saturated rings. The third-order valence-corrected chi connectivity index (χ3v) is 2.87. The van der Waals surface area contributed by atoms with Gasteiger partial charge in [-0.15, -0.1) is 6.42 Å². The molecular weight excluding hydrogens is 164 g/mol. The smallest absolute Gasteiger partial charge is 0.128 e. The van der Waals surface area contributed by atoms with Gasteiger partial charge in [0.05, 0.1) is 13.2 Å². The van der Waals surface area contributed by atoms with Crippen LogP contribution in [0.5, 0.6) is 0 Å². The number of ether oxygens (including phenoxy) is 2. The Hall–Kier alpha value is -0.520. The van der Waals surface area contributed by atoms with Gasteiger partial charge in [-0.25, -0.2) is 0 Å². The minimum Gasteiger partial charge on any atom is -0.371 e. The zero-order valence-electron chi connectivity index (χ0n) is 7.92. The van der Waals surface area contributed by atoms with Crippen LogP contribution in [0.4, 0.5) is 0 Å². The van der Waals surface area contributed by atoms with Crippen molar-refractivity contribution in [1.29, 1.82) is 0 Å². The van der Waals surface area contributed by atoms with E-state index in [1.807, 2.05) is 0 Å². The summed E-state index contributed by atoms with van der Waals surface area (Å²) in [4.78, 5) is 0. The summed E-state index contributed by atoms with van der Waals surface area (Å²) >= 11 is 0. The van der Waals surface area contributed by atoms with E-state index in [2.05, 4.69) is 5.92 Å². The Kier molecular flexibility index (Phi) is 2.57. The largest absolute Gasteiger partial charge is 0.371 e. The maximum absolute atomic E-state index is 5.78. The van der Waals surface area contributed by atoms with Gasteiger partial charge in [-0.3, -0.25) is 0 Å². The predicted octanol–water partition coefficient (Wildman–Crippen LogP) is 1.74. The molecule has 1 atom stereocenters. The van der Waals surface area contributed by atoms with Gasteiger partial charge in [0.25, 0.3) is 0 Å². The van der Waals surface area contributed by atoms with Crippen LogP contribution in [0.25, 0.3) is 0 Å². The fourth-order valence-electron chi connectivity index (χ4n) is 1.87. The highest BCUT2D eigenvalue weighted by atomic mass is 16.6. The van der Waals surface area contributed by atoms with E-state index >= 15 is 0 Å². The van der Waals surface area contributed by atoms with Gasteiger partial charge in [-0.05, 0) is 25.7 Å². The van der Waals surface area contributed by atoms with Crippen LogP contribution in [0.3, 0.4) is 0 Å². The van der Waals surface area contributed by atoms with E-state index < -0.39 is 0 Å². The van der Waals surface area contributed by atoms with Crippen molar-refractivity contribution in [1.82, 2.24) is 0 Å². The lowest BCUT2D eigenvalue weighted by Gasteiger charge is -2.32. The molecular formula is C11H16O2. The minimum absolute atomic E-state index is 0.260. The molecule has 0 N–H and O–H groups in total. The number of terminal acetylenes is 1. The lowest BCUT2D eigenvalue weighted by atomic mass is 9.85. The topological polar surface area (TPSA) is 21.8 Å². The van der Waals surface area contributed by atoms with Gasteiger partial charge in [0.1, 0.15) is 11.7 Å². The molecule has 0 amide bonds. The number of epoxide rings is 1. The molecule has 1 saturated heterocycles. The molecule has 0 unspecified atom stereocenters. The summed E-state index contributed by atoms with van der Waals surface area (Å²) in [5.41, 5.74) is -0.260. The van der Waals surface area contributed by atoms with E-state index in [1.165, 1.54) is 19.3 Å². The van der Waals surface area contributed by atoms with Crippen molar-refractivity contribution in [3.05, 3.63) is 0 Å². The van der Waals surface area contributed by atoms with E-state index in [0.29, 0.717) is 12.7 Å². The Morgan fingerprint density at radius 1 is 1.38 bits per heavy atom. The van der Waals surface area contributed by atoms with Gasteiger partial charge in [0, 0.05) is 0 Å². The van der Waals surface area contributed by atoms with Crippen LogP contribution in [0.15, 0.2) is 0 Å². The zero-order chi connectivity index (χ0) is 9.15. The standard InChI is InChI=1S/C11H16O2/c1-2-11(6-4-3-5-7-11)13-9-10-8-12-10/h1,10H,3-9H2/t10-/m0/s1. The molecule has 2 heteroatoms. The number of hydrogen-bond acceptors (Lipinski definition) is 2. The summed E-state index contributed by atoms with van der Waals surface area (Å²) in [6.07, 6.45) is 11.6. The highest BCUT2D eigenvalue weighted by molar-refractivity contribution is 5.10. The molecule has 1 aliphatic carbocycles. The van der Waals surface area contributed by atoms with E-state index in [4.69, 9.17) is 15.9 Å². The van der Waals surface area contributed by atoms with Crippen molar-refractivity contribution >= 4 is 0 Å². The number of rotatable bonds is 3. The van der Waals surface area contributed by atoms with Crippen LogP contribution in [0, 0.1) is 12.3 Å². The molecule has 0 spiro atoms. The van der Waals surface area contributed by atoms with Crippen molar-refractivity contribution in [2.24, 2.45) is 0 Å². The van der Waals surface area contributed by atoms with E-state index in [9.17, 15) is 0 Å². The summed E-state index contributed by atoms with van der Waals surface area (Å²) in [7, 11) is 0. The Morgan fingerprint density at radius 2 is 2.08 bits per heavy atom. The second-order valence-electron chi connectivity index (χ2n) is 3.97. The van der Waals surface area contributed by atoms with Gasteiger partial charge >= 0.3 is 0 Å². The van der Waals surface area contributed by atoms with Crippen molar-refractivity contribution in [3.63, 3.8) is 0 Å². The molecule has 13 heavy (non-hydrogen) atoms. The normalized spacial score (nSPS) is 30.8. The van der Waals surface area contributed by atoms with Crippen LogP contribution >= 0.6 is 0 Å². The van der Waals surface area contributed by atoms with Crippen molar-refractivity contribution in [2.75, 3.05) is 13.2 Å². The molecule has 2 rings (SSSR count). The fraction of sp³-hybridized carbons (Fsp3) is 0.818. The third-order valence-electron chi connectivity index (χ3n) is 2.87. The summed E-state index contributed by atoms with van der Waals surface area (Å²) in [5.74, 6) is 2.82. The van der Waals surface area contributed by atoms with Crippen molar-refractivity contribution in [2.45, 2.75) is 43.8 Å². The van der Waals surface area contributed by atoms with E-state index in [-0.39, 0.29) is 5.60 Å². The van der Waals surface area contributed by atoms with Gasteiger partial charge in [-0.2, -0.15) is 0 Å². The van der Waals surface area contributed by atoms with Crippen molar-refractivity contribution < 1.29 is 9.47 Å². The van der Waals surface area contributed by atoms with Crippen molar-refractivity contribution in [3.8, 4) is 12.3 Å². The van der Waals surface area contributed by atoms with Crippen LogP contribution in [0.1, 0.15) is 32.1 Å². The molecule has 2 nitrogen and oxygen atoms in total. The quantitative estimate of drug-likeness (QED) is 0.487. The third kappa shape index (κ3) is 2.24. The molecule has 0 aromatic heterocycles. The zero-order valence-corrected chi connectivity index (χ0v) is 7.92. The van der Waals surface area contributed by atoms with Crippen LogP contribution in [-0.2, 0) is 9.47 Å². The molecule has 0 bridgehead atoms. The molecule has 0 aromatic rings. The second-order valence-corrected chi connectivity index (χ2v) is 3.97. The molecule has 0 radical (unpaired) electrons. The predicted molar refractivity (Wildman–Crippen MR) is 50.3 cm³/mol. The summed E-state index contributed by atoms with van der Waals surface area (Å²) < 4.78 is 10.9. The maximum atomic E-state index is 5.78. The lowest BCUT2D eigenvalue weighted by molar-refractivity contribution is -0.0320. The Balaban J connectivity index is 1.85. The molecule has 1 heterocycles. The monoisotopic (exact) mass is 180 g/mol. The molecule has 1 saturated carbocycles. The van der Waals surface area contributed by atoms with Gasteiger partial charge in [0.15, 0.2) is 0 Å². The summed E-state index contributed by atoms with van der Waals surface area (Å²) in [6, 6.07) is 0. The Labute approximate surface area is 79.6 Å². The maximum Gasteiger partial charge on any atom is 0.128 e.